The molecule has 0 amide bonds. The number of phenols is 1. The van der Waals surface area contributed by atoms with Gasteiger partial charge in [0.25, 0.3) is 5.92 Å². The van der Waals surface area contributed by atoms with E-state index < -0.39 is 11.3 Å². The lowest BCUT2D eigenvalue weighted by atomic mass is 9.83. The Hall–Kier alpha value is -1.12. The molecule has 0 heterocycles. The van der Waals surface area contributed by atoms with Crippen molar-refractivity contribution in [2.45, 2.75) is 26.7 Å². The molecular formula is C11H14F2O. The highest BCUT2D eigenvalue weighted by Crippen LogP contribution is 2.44. The Balaban J connectivity index is 3.10. The van der Waals surface area contributed by atoms with Crippen LogP contribution >= 0.6 is 0 Å². The third-order valence-corrected chi connectivity index (χ3v) is 2.17. The summed E-state index contributed by atoms with van der Waals surface area (Å²) in [7, 11) is 0. The van der Waals surface area contributed by atoms with Crippen molar-refractivity contribution in [1.29, 1.82) is 0 Å². The molecule has 1 rings (SSSR count). The smallest absolute Gasteiger partial charge is 0.277 e. The van der Waals surface area contributed by atoms with E-state index in [1.165, 1.54) is 45.0 Å². The predicted molar refractivity (Wildman–Crippen MR) is 51.5 cm³/mol. The summed E-state index contributed by atoms with van der Waals surface area (Å²) >= 11 is 0. The molecule has 0 aliphatic carbocycles. The maximum absolute atomic E-state index is 13.7. The van der Waals surface area contributed by atoms with Gasteiger partial charge in [0, 0.05) is 11.0 Å². The Bertz CT molecular complexity index is 309. The SMILES string of the molecule is CC(C)(C)C(F)(F)c1ccc(O)cc1. The van der Waals surface area contributed by atoms with Gasteiger partial charge in [0.2, 0.25) is 0 Å². The highest BCUT2D eigenvalue weighted by atomic mass is 19.3. The van der Waals surface area contributed by atoms with Crippen LogP contribution in [0.2, 0.25) is 0 Å². The van der Waals surface area contributed by atoms with Crippen LogP contribution in [-0.2, 0) is 5.92 Å². The Morgan fingerprint density at radius 1 is 1.00 bits per heavy atom. The second kappa shape index (κ2) is 3.23. The van der Waals surface area contributed by atoms with Gasteiger partial charge >= 0.3 is 0 Å². The molecule has 0 bridgehead atoms. The van der Waals surface area contributed by atoms with Gasteiger partial charge in [-0.15, -0.1) is 0 Å². The monoisotopic (exact) mass is 200 g/mol. The van der Waals surface area contributed by atoms with Gasteiger partial charge in [-0.3, -0.25) is 0 Å². The van der Waals surface area contributed by atoms with E-state index in [-0.39, 0.29) is 11.3 Å². The van der Waals surface area contributed by atoms with Gasteiger partial charge < -0.3 is 5.11 Å². The molecule has 0 fully saturated rings. The van der Waals surface area contributed by atoms with Crippen molar-refractivity contribution in [1.82, 2.24) is 0 Å². The van der Waals surface area contributed by atoms with Gasteiger partial charge in [0.15, 0.2) is 0 Å². The van der Waals surface area contributed by atoms with Crippen LogP contribution in [0.25, 0.3) is 0 Å². The lowest BCUT2D eigenvalue weighted by Gasteiger charge is -2.30. The highest BCUT2D eigenvalue weighted by molar-refractivity contribution is 5.29. The first-order valence-corrected chi connectivity index (χ1v) is 4.42. The molecule has 3 heteroatoms. The Labute approximate surface area is 82.4 Å². The molecule has 78 valence electrons. The van der Waals surface area contributed by atoms with Crippen LogP contribution in [0, 0.1) is 5.41 Å². The molecule has 0 aromatic heterocycles. The molecule has 0 aliphatic heterocycles. The van der Waals surface area contributed by atoms with Crippen LogP contribution in [-0.4, -0.2) is 5.11 Å². The van der Waals surface area contributed by atoms with E-state index >= 15 is 0 Å². The van der Waals surface area contributed by atoms with Crippen molar-refractivity contribution in [2.75, 3.05) is 0 Å². The number of hydrogen-bond acceptors (Lipinski definition) is 1. The average Bonchev–Trinajstić information content (AvgIpc) is 2.03. The minimum absolute atomic E-state index is 0.00143. The minimum Gasteiger partial charge on any atom is -0.508 e. The molecule has 0 saturated heterocycles. The third-order valence-electron chi connectivity index (χ3n) is 2.17. The summed E-state index contributed by atoms with van der Waals surface area (Å²) in [5.74, 6) is -2.89. The highest BCUT2D eigenvalue weighted by Gasteiger charge is 2.44. The number of rotatable bonds is 1. The van der Waals surface area contributed by atoms with Crippen LogP contribution in [0.1, 0.15) is 26.3 Å². The lowest BCUT2D eigenvalue weighted by molar-refractivity contribution is -0.104. The first-order chi connectivity index (χ1) is 6.25. The topological polar surface area (TPSA) is 20.2 Å². The third kappa shape index (κ3) is 1.86. The quantitative estimate of drug-likeness (QED) is 0.735. The van der Waals surface area contributed by atoms with Crippen molar-refractivity contribution < 1.29 is 13.9 Å². The first kappa shape index (κ1) is 11.0. The summed E-state index contributed by atoms with van der Waals surface area (Å²) in [6, 6.07) is 5.05. The minimum atomic E-state index is -2.89. The van der Waals surface area contributed by atoms with Crippen LogP contribution in [0.3, 0.4) is 0 Å². The summed E-state index contributed by atoms with van der Waals surface area (Å²) in [4.78, 5) is 0. The maximum Gasteiger partial charge on any atom is 0.277 e. The van der Waals surface area contributed by atoms with Crippen molar-refractivity contribution in [3.63, 3.8) is 0 Å². The predicted octanol–water partition coefficient (Wildman–Crippen LogP) is 3.53. The zero-order valence-corrected chi connectivity index (χ0v) is 8.51. The van der Waals surface area contributed by atoms with Gasteiger partial charge in [0.05, 0.1) is 0 Å². The molecular weight excluding hydrogens is 186 g/mol. The lowest BCUT2D eigenvalue weighted by Crippen LogP contribution is -2.30. The van der Waals surface area contributed by atoms with E-state index in [0.717, 1.165) is 0 Å². The second-order valence-corrected chi connectivity index (χ2v) is 4.37. The fraction of sp³-hybridized carbons (Fsp3) is 0.455. The molecule has 0 radical (unpaired) electrons. The van der Waals surface area contributed by atoms with Crippen molar-refractivity contribution in [3.05, 3.63) is 29.8 Å². The molecule has 0 saturated carbocycles. The summed E-state index contributed by atoms with van der Waals surface area (Å²) in [5, 5.41) is 8.98. The summed E-state index contributed by atoms with van der Waals surface area (Å²) in [5.41, 5.74) is -1.19. The van der Waals surface area contributed by atoms with Gasteiger partial charge in [-0.2, -0.15) is 0 Å². The molecule has 0 atom stereocenters. The number of aromatic hydroxyl groups is 1. The molecule has 0 spiro atoms. The summed E-state index contributed by atoms with van der Waals surface area (Å²) in [6.07, 6.45) is 0. The standard InChI is InChI=1S/C11H14F2O/c1-10(2,3)11(12,13)8-4-6-9(14)7-5-8/h4-7,14H,1-3H3. The Morgan fingerprint density at radius 2 is 1.43 bits per heavy atom. The zero-order chi connectivity index (χ0) is 11.0. The van der Waals surface area contributed by atoms with Gasteiger partial charge in [-0.25, -0.2) is 8.78 Å². The average molecular weight is 200 g/mol. The normalized spacial score (nSPS) is 12.9. The van der Waals surface area contributed by atoms with E-state index in [2.05, 4.69) is 0 Å². The Kier molecular flexibility index (Phi) is 2.52. The van der Waals surface area contributed by atoms with Gasteiger partial charge in [-0.05, 0) is 24.3 Å². The molecule has 0 aliphatic rings. The number of phenolic OH excluding ortho intramolecular Hbond substituents is 1. The fourth-order valence-electron chi connectivity index (χ4n) is 1.10. The number of alkyl halides is 2. The largest absolute Gasteiger partial charge is 0.508 e. The fourth-order valence-corrected chi connectivity index (χ4v) is 1.10. The molecule has 1 aromatic rings. The molecule has 1 N–H and O–H groups in total. The number of hydrogen-bond donors (Lipinski definition) is 1. The van der Waals surface area contributed by atoms with E-state index in [0.29, 0.717) is 0 Å². The molecule has 14 heavy (non-hydrogen) atoms. The van der Waals surface area contributed by atoms with E-state index in [4.69, 9.17) is 5.11 Å². The van der Waals surface area contributed by atoms with E-state index in [9.17, 15) is 8.78 Å². The van der Waals surface area contributed by atoms with Gasteiger partial charge in [-0.1, -0.05) is 20.8 Å². The van der Waals surface area contributed by atoms with Crippen LogP contribution < -0.4 is 0 Å². The zero-order valence-electron chi connectivity index (χ0n) is 8.51. The summed E-state index contributed by atoms with van der Waals surface area (Å²) in [6.45, 7) is 4.46. The van der Waals surface area contributed by atoms with Gasteiger partial charge in [0.1, 0.15) is 5.75 Å². The van der Waals surface area contributed by atoms with Crippen LogP contribution in [0.15, 0.2) is 24.3 Å². The second-order valence-electron chi connectivity index (χ2n) is 4.37. The molecule has 1 aromatic carbocycles. The van der Waals surface area contributed by atoms with Crippen LogP contribution in [0.5, 0.6) is 5.75 Å². The van der Waals surface area contributed by atoms with Crippen molar-refractivity contribution in [3.8, 4) is 5.75 Å². The number of halogens is 2. The number of benzene rings is 1. The molecule has 1 nitrogen and oxygen atoms in total. The first-order valence-electron chi connectivity index (χ1n) is 4.42. The van der Waals surface area contributed by atoms with E-state index in [1.807, 2.05) is 0 Å². The maximum atomic E-state index is 13.7. The Morgan fingerprint density at radius 3 is 1.79 bits per heavy atom. The van der Waals surface area contributed by atoms with Crippen molar-refractivity contribution in [2.24, 2.45) is 5.41 Å². The van der Waals surface area contributed by atoms with E-state index in [1.54, 1.807) is 0 Å². The van der Waals surface area contributed by atoms with Crippen LogP contribution in [0.4, 0.5) is 8.78 Å². The van der Waals surface area contributed by atoms with Crippen molar-refractivity contribution >= 4 is 0 Å². The molecule has 0 unspecified atom stereocenters. The summed E-state index contributed by atoms with van der Waals surface area (Å²) < 4.78 is 27.4.